The number of fused-ring (bicyclic) bond motifs is 1. The van der Waals surface area contributed by atoms with Crippen LogP contribution >= 0.6 is 0 Å². The summed E-state index contributed by atoms with van der Waals surface area (Å²) in [6.45, 7) is 5.40. The molecule has 0 amide bonds. The van der Waals surface area contributed by atoms with Crippen LogP contribution in [0.5, 0.6) is 0 Å². The molecule has 0 aliphatic carbocycles. The van der Waals surface area contributed by atoms with Crippen molar-refractivity contribution in [2.75, 3.05) is 23.8 Å². The molecule has 0 bridgehead atoms. The van der Waals surface area contributed by atoms with Gasteiger partial charge in [0.1, 0.15) is 17.5 Å². The number of aliphatic hydroxyl groups is 2. The quantitative estimate of drug-likeness (QED) is 0.494. The number of aliphatic hydroxyl groups excluding tert-OH is 2. The Hall–Kier alpha value is -2.97. The number of rotatable bonds is 7. The number of anilines is 3. The Morgan fingerprint density at radius 1 is 1.18 bits per heavy atom. The Balaban J connectivity index is 2.16. The van der Waals surface area contributed by atoms with Crippen molar-refractivity contribution in [3.63, 3.8) is 0 Å². The molecule has 0 spiro atoms. The van der Waals surface area contributed by atoms with Crippen LogP contribution in [-0.4, -0.2) is 43.5 Å². The van der Waals surface area contributed by atoms with Gasteiger partial charge in [-0.2, -0.15) is 0 Å². The van der Waals surface area contributed by atoms with Crippen molar-refractivity contribution >= 4 is 28.2 Å². The first-order chi connectivity index (χ1) is 13.4. The molecular weight excluding hydrogens is 358 g/mol. The van der Waals surface area contributed by atoms with Crippen LogP contribution in [0.15, 0.2) is 41.5 Å². The Labute approximate surface area is 162 Å². The van der Waals surface area contributed by atoms with Crippen LogP contribution in [0.3, 0.4) is 0 Å². The summed E-state index contributed by atoms with van der Waals surface area (Å²) in [4.78, 5) is 21.7. The predicted molar refractivity (Wildman–Crippen MR) is 110 cm³/mol. The lowest BCUT2D eigenvalue weighted by Gasteiger charge is -2.27. The minimum absolute atomic E-state index is 0.187. The molecule has 0 saturated heterocycles. The highest BCUT2D eigenvalue weighted by atomic mass is 16.3. The molecule has 0 aliphatic heterocycles. The minimum Gasteiger partial charge on any atom is -0.394 e. The fraction of sp³-hybridized carbons (Fsp3) is 0.350. The van der Waals surface area contributed by atoms with Gasteiger partial charge < -0.3 is 25.4 Å². The van der Waals surface area contributed by atoms with Crippen molar-refractivity contribution in [2.24, 2.45) is 0 Å². The molecule has 3 aromatic rings. The molecule has 0 atom stereocenters. The molecule has 8 nitrogen and oxygen atoms in total. The van der Waals surface area contributed by atoms with Gasteiger partial charge in [-0.25, -0.2) is 9.97 Å². The summed E-state index contributed by atoms with van der Waals surface area (Å²) in [7, 11) is 0. The van der Waals surface area contributed by atoms with E-state index in [4.69, 9.17) is 0 Å². The van der Waals surface area contributed by atoms with Crippen molar-refractivity contribution in [2.45, 2.75) is 32.9 Å². The maximum atomic E-state index is 12.9. The van der Waals surface area contributed by atoms with Gasteiger partial charge in [0.05, 0.1) is 24.1 Å². The van der Waals surface area contributed by atoms with Crippen LogP contribution in [0.25, 0.3) is 10.8 Å². The standard InChI is InChI=1S/C20H25N5O3/c1-4-25-8-6-14-10-16(22-15-9-13(2)5-7-21-15)23-18(17(14)19(25)28)24-20(3,11-26)12-27/h5-10,26-27H,4,11-12H2,1-3H3,(H2,21,22,23,24). The van der Waals surface area contributed by atoms with Crippen molar-refractivity contribution in [3.8, 4) is 0 Å². The summed E-state index contributed by atoms with van der Waals surface area (Å²) < 4.78 is 1.58. The summed E-state index contributed by atoms with van der Waals surface area (Å²) in [6.07, 6.45) is 3.44. The molecule has 0 aliphatic rings. The molecule has 28 heavy (non-hydrogen) atoms. The highest BCUT2D eigenvalue weighted by Crippen LogP contribution is 2.26. The third-order valence-corrected chi connectivity index (χ3v) is 4.59. The third-order valence-electron chi connectivity index (χ3n) is 4.59. The highest BCUT2D eigenvalue weighted by molar-refractivity contribution is 5.93. The average molecular weight is 383 g/mol. The molecule has 3 heterocycles. The molecule has 0 unspecified atom stereocenters. The fourth-order valence-corrected chi connectivity index (χ4v) is 2.86. The predicted octanol–water partition coefficient (Wildman–Crippen LogP) is 2.02. The molecule has 0 fully saturated rings. The summed E-state index contributed by atoms with van der Waals surface area (Å²) >= 11 is 0. The maximum absolute atomic E-state index is 12.9. The SMILES string of the molecule is CCn1ccc2cc(Nc3cc(C)ccn3)nc(NC(C)(CO)CO)c2c1=O. The van der Waals surface area contributed by atoms with Crippen LogP contribution in [0, 0.1) is 6.92 Å². The number of nitrogens with zero attached hydrogens (tertiary/aromatic N) is 3. The normalized spacial score (nSPS) is 11.6. The molecule has 3 rings (SSSR count). The van der Waals surface area contributed by atoms with E-state index in [2.05, 4.69) is 20.6 Å². The Morgan fingerprint density at radius 2 is 1.93 bits per heavy atom. The van der Waals surface area contributed by atoms with Crippen molar-refractivity contribution in [3.05, 3.63) is 52.6 Å². The zero-order chi connectivity index (χ0) is 20.3. The van der Waals surface area contributed by atoms with E-state index in [1.54, 1.807) is 30.0 Å². The third kappa shape index (κ3) is 3.97. The lowest BCUT2D eigenvalue weighted by Crippen LogP contribution is -2.43. The zero-order valence-corrected chi connectivity index (χ0v) is 16.2. The van der Waals surface area contributed by atoms with Gasteiger partial charge in [0.15, 0.2) is 0 Å². The van der Waals surface area contributed by atoms with Gasteiger partial charge in [0.2, 0.25) is 0 Å². The summed E-state index contributed by atoms with van der Waals surface area (Å²) in [5.74, 6) is 1.43. The Kier molecular flexibility index (Phi) is 5.62. The summed E-state index contributed by atoms with van der Waals surface area (Å²) in [5, 5.41) is 26.6. The molecule has 148 valence electrons. The second-order valence-corrected chi connectivity index (χ2v) is 7.07. The number of nitrogens with one attached hydrogen (secondary N) is 2. The van der Waals surface area contributed by atoms with E-state index >= 15 is 0 Å². The van der Waals surface area contributed by atoms with Gasteiger partial charge in [0, 0.05) is 18.9 Å². The molecule has 3 aromatic heterocycles. The molecule has 0 saturated carbocycles. The van der Waals surface area contributed by atoms with E-state index in [1.165, 1.54) is 0 Å². The largest absolute Gasteiger partial charge is 0.394 e. The molecule has 4 N–H and O–H groups in total. The van der Waals surface area contributed by atoms with Crippen molar-refractivity contribution < 1.29 is 10.2 Å². The van der Waals surface area contributed by atoms with Gasteiger partial charge in [-0.1, -0.05) is 0 Å². The van der Waals surface area contributed by atoms with Gasteiger partial charge >= 0.3 is 0 Å². The summed E-state index contributed by atoms with van der Waals surface area (Å²) in [6, 6.07) is 7.41. The Bertz CT molecular complexity index is 1040. The number of hydrogen-bond acceptors (Lipinski definition) is 7. The average Bonchev–Trinajstić information content (AvgIpc) is 2.68. The van der Waals surface area contributed by atoms with Crippen LogP contribution in [0.4, 0.5) is 17.5 Å². The smallest absolute Gasteiger partial charge is 0.262 e. The second-order valence-electron chi connectivity index (χ2n) is 7.07. The van der Waals surface area contributed by atoms with Gasteiger partial charge in [-0.05, 0) is 56.0 Å². The maximum Gasteiger partial charge on any atom is 0.262 e. The number of hydrogen-bond donors (Lipinski definition) is 4. The molecule has 0 aromatic carbocycles. The second kappa shape index (κ2) is 7.95. The topological polar surface area (TPSA) is 112 Å². The number of aromatic nitrogens is 3. The van der Waals surface area contributed by atoms with Crippen molar-refractivity contribution in [1.82, 2.24) is 14.5 Å². The lowest BCUT2D eigenvalue weighted by molar-refractivity contribution is 0.147. The van der Waals surface area contributed by atoms with Crippen LogP contribution < -0.4 is 16.2 Å². The Morgan fingerprint density at radius 3 is 2.57 bits per heavy atom. The first-order valence-corrected chi connectivity index (χ1v) is 9.13. The summed E-state index contributed by atoms with van der Waals surface area (Å²) in [5.41, 5.74) is -0.163. The van der Waals surface area contributed by atoms with Gasteiger partial charge in [0.25, 0.3) is 5.56 Å². The van der Waals surface area contributed by atoms with Gasteiger partial charge in [-0.15, -0.1) is 0 Å². The van der Waals surface area contributed by atoms with Crippen LogP contribution in [-0.2, 0) is 6.54 Å². The van der Waals surface area contributed by atoms with E-state index < -0.39 is 5.54 Å². The van der Waals surface area contributed by atoms with E-state index in [0.29, 0.717) is 34.8 Å². The number of aryl methyl sites for hydroxylation is 2. The molecule has 8 heteroatoms. The fourth-order valence-electron chi connectivity index (χ4n) is 2.86. The van der Waals surface area contributed by atoms with E-state index in [0.717, 1.165) is 5.56 Å². The molecule has 0 radical (unpaired) electrons. The molecular formula is C20H25N5O3. The van der Waals surface area contributed by atoms with E-state index in [9.17, 15) is 15.0 Å². The van der Waals surface area contributed by atoms with Crippen LogP contribution in [0.2, 0.25) is 0 Å². The first-order valence-electron chi connectivity index (χ1n) is 9.13. The van der Waals surface area contributed by atoms with E-state index in [1.807, 2.05) is 32.0 Å². The monoisotopic (exact) mass is 383 g/mol. The minimum atomic E-state index is -1.03. The van der Waals surface area contributed by atoms with Crippen molar-refractivity contribution in [1.29, 1.82) is 0 Å². The lowest BCUT2D eigenvalue weighted by atomic mass is 10.0. The zero-order valence-electron chi connectivity index (χ0n) is 16.2. The highest BCUT2D eigenvalue weighted by Gasteiger charge is 2.25. The van der Waals surface area contributed by atoms with E-state index in [-0.39, 0.29) is 18.8 Å². The van der Waals surface area contributed by atoms with Crippen LogP contribution in [0.1, 0.15) is 19.4 Å². The van der Waals surface area contributed by atoms with Gasteiger partial charge in [-0.3, -0.25) is 4.79 Å². The number of pyridine rings is 3. The first kappa shape index (κ1) is 19.8.